The van der Waals surface area contributed by atoms with Crippen molar-refractivity contribution in [2.24, 2.45) is 0 Å². The lowest BCUT2D eigenvalue weighted by Crippen LogP contribution is -2.68. The fourth-order valence-corrected chi connectivity index (χ4v) is 8.55. The normalized spacial score (nSPS) is 23.4. The minimum atomic E-state index is -2.58. The summed E-state index contributed by atoms with van der Waals surface area (Å²) in [5, 5.41) is 2.50. The summed E-state index contributed by atoms with van der Waals surface area (Å²) in [4.78, 5) is 0. The van der Waals surface area contributed by atoms with Gasteiger partial charge in [-0.15, -0.1) is 0 Å². The molecule has 2 aromatic rings. The minimum absolute atomic E-state index is 0.0542. The van der Waals surface area contributed by atoms with Gasteiger partial charge in [-0.1, -0.05) is 87.5 Å². The molecule has 27 heavy (non-hydrogen) atoms. The first kappa shape index (κ1) is 20.0. The molecule has 4 heteroatoms. The largest absolute Gasteiger partial charge is 0.398 e. The van der Waals surface area contributed by atoms with Crippen LogP contribution in [0.5, 0.6) is 0 Å². The quantitative estimate of drug-likeness (QED) is 0.580. The van der Waals surface area contributed by atoms with Crippen molar-refractivity contribution in [1.29, 1.82) is 0 Å². The van der Waals surface area contributed by atoms with Gasteiger partial charge in [0.1, 0.15) is 0 Å². The predicted octanol–water partition coefficient (Wildman–Crippen LogP) is 3.88. The lowest BCUT2D eigenvalue weighted by atomic mass is 10.2. The van der Waals surface area contributed by atoms with Gasteiger partial charge >= 0.3 is 0 Å². The molecular weight excluding hydrogens is 352 g/mol. The standard InChI is InChI=1S/C23H30O3Si/c1-18-21(16-17-22(24-5)25-18)26-27(23(2,3)4,19-12-8-6-9-13-19)20-14-10-7-11-15-20/h6-18,21-22H,1-5H3/t18-,21+,22+/m0/s1. The van der Waals surface area contributed by atoms with E-state index in [0.29, 0.717) is 0 Å². The van der Waals surface area contributed by atoms with Gasteiger partial charge in [0.2, 0.25) is 0 Å². The summed E-state index contributed by atoms with van der Waals surface area (Å²) in [7, 11) is -0.925. The Morgan fingerprint density at radius 1 is 0.852 bits per heavy atom. The van der Waals surface area contributed by atoms with E-state index < -0.39 is 8.32 Å². The number of rotatable bonds is 5. The molecule has 0 N–H and O–H groups in total. The lowest BCUT2D eigenvalue weighted by Gasteiger charge is -2.46. The highest BCUT2D eigenvalue weighted by atomic mass is 28.4. The van der Waals surface area contributed by atoms with Gasteiger partial charge in [-0.05, 0) is 28.4 Å². The van der Waals surface area contributed by atoms with E-state index in [-0.39, 0.29) is 23.5 Å². The summed E-state index contributed by atoms with van der Waals surface area (Å²) in [6.45, 7) is 8.91. The highest BCUT2D eigenvalue weighted by Gasteiger charge is 2.52. The third kappa shape index (κ3) is 3.94. The van der Waals surface area contributed by atoms with Crippen LogP contribution < -0.4 is 10.4 Å². The second-order valence-corrected chi connectivity index (χ2v) is 12.3. The first-order chi connectivity index (χ1) is 12.9. The van der Waals surface area contributed by atoms with Gasteiger partial charge in [0.05, 0.1) is 12.2 Å². The molecule has 2 aromatic carbocycles. The van der Waals surface area contributed by atoms with Crippen LogP contribution in [0.15, 0.2) is 72.8 Å². The molecule has 1 aliphatic heterocycles. The monoisotopic (exact) mass is 382 g/mol. The number of benzene rings is 2. The van der Waals surface area contributed by atoms with E-state index in [1.54, 1.807) is 7.11 Å². The molecule has 0 fully saturated rings. The van der Waals surface area contributed by atoms with Gasteiger partial charge in [-0.2, -0.15) is 0 Å². The fourth-order valence-electron chi connectivity index (χ4n) is 3.86. The topological polar surface area (TPSA) is 27.7 Å². The molecule has 0 amide bonds. The van der Waals surface area contributed by atoms with E-state index in [2.05, 4.69) is 94.4 Å². The third-order valence-electron chi connectivity index (χ3n) is 5.23. The molecule has 3 nitrogen and oxygen atoms in total. The summed E-state index contributed by atoms with van der Waals surface area (Å²) in [5.41, 5.74) is 0. The Morgan fingerprint density at radius 3 is 1.78 bits per heavy atom. The van der Waals surface area contributed by atoms with Crippen molar-refractivity contribution in [3.63, 3.8) is 0 Å². The average Bonchev–Trinajstić information content (AvgIpc) is 2.67. The number of ether oxygens (including phenoxy) is 2. The number of hydrogen-bond acceptors (Lipinski definition) is 3. The molecular formula is C23H30O3Si. The molecule has 0 spiro atoms. The second kappa shape index (κ2) is 8.11. The van der Waals surface area contributed by atoms with Gasteiger partial charge in [0, 0.05) is 7.11 Å². The van der Waals surface area contributed by atoms with Gasteiger partial charge in [0.25, 0.3) is 8.32 Å². The van der Waals surface area contributed by atoms with Gasteiger partial charge in [0.15, 0.2) is 6.29 Å². The maximum Gasteiger partial charge on any atom is 0.262 e. The van der Waals surface area contributed by atoms with Crippen molar-refractivity contribution < 1.29 is 13.9 Å². The van der Waals surface area contributed by atoms with Crippen LogP contribution >= 0.6 is 0 Å². The summed E-state index contributed by atoms with van der Waals surface area (Å²) < 4.78 is 18.4. The number of hydrogen-bond donors (Lipinski definition) is 0. The van der Waals surface area contributed by atoms with Gasteiger partial charge in [-0.3, -0.25) is 0 Å². The highest BCUT2D eigenvalue weighted by Crippen LogP contribution is 2.38. The lowest BCUT2D eigenvalue weighted by molar-refractivity contribution is -0.148. The summed E-state index contributed by atoms with van der Waals surface area (Å²) in [6, 6.07) is 21.4. The average molecular weight is 383 g/mol. The van der Waals surface area contributed by atoms with Crippen molar-refractivity contribution >= 4 is 18.7 Å². The fraction of sp³-hybridized carbons (Fsp3) is 0.391. The molecule has 0 aliphatic carbocycles. The molecule has 0 unspecified atom stereocenters. The van der Waals surface area contributed by atoms with Gasteiger partial charge in [-0.25, -0.2) is 0 Å². The molecule has 0 bridgehead atoms. The molecule has 0 saturated heterocycles. The SMILES string of the molecule is CO[C@H]1C=C[C@@H](O[Si](c2ccccc2)(c2ccccc2)C(C)(C)C)[C@H](C)O1. The third-order valence-corrected chi connectivity index (χ3v) is 10.3. The molecule has 3 atom stereocenters. The van der Waals surface area contributed by atoms with Crippen molar-refractivity contribution in [2.45, 2.75) is 51.2 Å². The molecule has 0 aromatic heterocycles. The Bertz CT molecular complexity index is 713. The number of methoxy groups -OCH3 is 1. The second-order valence-electron chi connectivity index (χ2n) is 8.08. The molecule has 0 radical (unpaired) electrons. The van der Waals surface area contributed by atoms with E-state index in [1.807, 2.05) is 6.08 Å². The minimum Gasteiger partial charge on any atom is -0.398 e. The highest BCUT2D eigenvalue weighted by molar-refractivity contribution is 6.99. The Hall–Kier alpha value is -1.72. The predicted molar refractivity (Wildman–Crippen MR) is 113 cm³/mol. The zero-order valence-corrected chi connectivity index (χ0v) is 17.9. The molecule has 1 heterocycles. The first-order valence-electron chi connectivity index (χ1n) is 9.54. The molecule has 3 rings (SSSR count). The van der Waals surface area contributed by atoms with Crippen molar-refractivity contribution in [3.8, 4) is 0 Å². The zero-order chi connectivity index (χ0) is 19.5. The molecule has 144 valence electrons. The van der Waals surface area contributed by atoms with Crippen molar-refractivity contribution in [3.05, 3.63) is 72.8 Å². The van der Waals surface area contributed by atoms with Crippen LogP contribution in [0.1, 0.15) is 27.7 Å². The maximum atomic E-state index is 7.09. The van der Waals surface area contributed by atoms with Crippen molar-refractivity contribution in [2.75, 3.05) is 7.11 Å². The van der Waals surface area contributed by atoms with E-state index in [1.165, 1.54) is 10.4 Å². The molecule has 1 aliphatic rings. The van der Waals surface area contributed by atoms with Crippen LogP contribution in [-0.4, -0.2) is 33.9 Å². The van der Waals surface area contributed by atoms with Crippen LogP contribution in [0.3, 0.4) is 0 Å². The first-order valence-corrected chi connectivity index (χ1v) is 11.4. The van der Waals surface area contributed by atoms with E-state index in [0.717, 1.165) is 0 Å². The van der Waals surface area contributed by atoms with E-state index >= 15 is 0 Å². The van der Waals surface area contributed by atoms with Crippen LogP contribution in [0.2, 0.25) is 5.04 Å². The van der Waals surface area contributed by atoms with E-state index in [9.17, 15) is 0 Å². The summed E-state index contributed by atoms with van der Waals surface area (Å²) in [5.74, 6) is 0. The smallest absolute Gasteiger partial charge is 0.262 e. The molecule has 0 saturated carbocycles. The van der Waals surface area contributed by atoms with E-state index in [4.69, 9.17) is 13.9 Å². The Labute approximate surface area is 164 Å². The van der Waals surface area contributed by atoms with Crippen molar-refractivity contribution in [1.82, 2.24) is 0 Å². The summed E-state index contributed by atoms with van der Waals surface area (Å²) >= 11 is 0. The maximum absolute atomic E-state index is 7.09. The summed E-state index contributed by atoms with van der Waals surface area (Å²) in [6.07, 6.45) is 3.53. The van der Waals surface area contributed by atoms with Gasteiger partial charge < -0.3 is 13.9 Å². The van der Waals surface area contributed by atoms with Crippen LogP contribution in [0.25, 0.3) is 0 Å². The Morgan fingerprint density at radius 2 is 1.37 bits per heavy atom. The zero-order valence-electron chi connectivity index (χ0n) is 16.9. The van der Waals surface area contributed by atoms with Crippen LogP contribution in [-0.2, 0) is 13.9 Å². The Kier molecular flexibility index (Phi) is 6.01. The Balaban J connectivity index is 2.13. The van der Waals surface area contributed by atoms with Crippen LogP contribution in [0, 0.1) is 0 Å². The van der Waals surface area contributed by atoms with Crippen LogP contribution in [0.4, 0.5) is 0 Å².